The molecule has 0 spiro atoms. The summed E-state index contributed by atoms with van der Waals surface area (Å²) in [5, 5.41) is 0. The summed E-state index contributed by atoms with van der Waals surface area (Å²) < 4.78 is 0. The first-order valence-corrected chi connectivity index (χ1v) is 8.45. The van der Waals surface area contributed by atoms with E-state index in [1.807, 2.05) is 0 Å². The van der Waals surface area contributed by atoms with Crippen molar-refractivity contribution >= 4 is 11.8 Å². The zero-order valence-electron chi connectivity index (χ0n) is 13.0. The van der Waals surface area contributed by atoms with Gasteiger partial charge in [-0.3, -0.25) is 14.5 Å². The van der Waals surface area contributed by atoms with Crippen LogP contribution in [0.15, 0.2) is 0 Å². The lowest BCUT2D eigenvalue weighted by Gasteiger charge is -2.36. The number of piperidine rings is 1. The normalized spacial score (nSPS) is 34.8. The lowest BCUT2D eigenvalue weighted by molar-refractivity contribution is -0.144. The third kappa shape index (κ3) is 2.61. The zero-order valence-corrected chi connectivity index (χ0v) is 13.0. The van der Waals surface area contributed by atoms with Gasteiger partial charge in [0.2, 0.25) is 11.8 Å². The molecule has 0 radical (unpaired) electrons. The van der Waals surface area contributed by atoms with E-state index in [2.05, 4.69) is 11.8 Å². The standard InChI is InChI=1S/C16H27N3O2/c1-2-11-9-13-14(10-11)16(21)19(15(13)20)12-3-6-18(7-4-12)8-5-17/h11-14H,2-10,17H2,1H3. The Kier molecular flexibility index (Phi) is 4.31. The van der Waals surface area contributed by atoms with Gasteiger partial charge in [-0.15, -0.1) is 0 Å². The molecule has 3 fully saturated rings. The molecule has 0 aromatic heterocycles. The second-order valence-electron chi connectivity index (χ2n) is 6.87. The van der Waals surface area contributed by atoms with Crippen LogP contribution in [0.3, 0.4) is 0 Å². The van der Waals surface area contributed by atoms with Crippen LogP contribution in [0.5, 0.6) is 0 Å². The average Bonchev–Trinajstić information content (AvgIpc) is 3.01. The number of imide groups is 1. The third-order valence-electron chi connectivity index (χ3n) is 5.71. The van der Waals surface area contributed by atoms with E-state index in [4.69, 9.17) is 5.73 Å². The van der Waals surface area contributed by atoms with Crippen molar-refractivity contribution in [2.45, 2.75) is 45.1 Å². The van der Waals surface area contributed by atoms with Crippen LogP contribution in [-0.4, -0.2) is 53.8 Å². The fourth-order valence-corrected chi connectivity index (χ4v) is 4.43. The first kappa shape index (κ1) is 15.0. The van der Waals surface area contributed by atoms with Gasteiger partial charge in [0.1, 0.15) is 0 Å². The van der Waals surface area contributed by atoms with E-state index in [1.165, 1.54) is 0 Å². The number of carbonyl (C=O) groups excluding carboxylic acids is 2. The molecule has 21 heavy (non-hydrogen) atoms. The highest BCUT2D eigenvalue weighted by molar-refractivity contribution is 6.05. The summed E-state index contributed by atoms with van der Waals surface area (Å²) in [6.07, 6.45) is 4.76. The number of likely N-dealkylation sites (tertiary alicyclic amines) is 2. The zero-order chi connectivity index (χ0) is 15.0. The van der Waals surface area contributed by atoms with Gasteiger partial charge >= 0.3 is 0 Å². The lowest BCUT2D eigenvalue weighted by Crippen LogP contribution is -2.48. The summed E-state index contributed by atoms with van der Waals surface area (Å²) in [5.41, 5.74) is 5.59. The van der Waals surface area contributed by atoms with Crippen molar-refractivity contribution in [2.75, 3.05) is 26.2 Å². The maximum absolute atomic E-state index is 12.6. The summed E-state index contributed by atoms with van der Waals surface area (Å²) in [4.78, 5) is 29.2. The van der Waals surface area contributed by atoms with Crippen LogP contribution in [0, 0.1) is 17.8 Å². The number of hydrogen-bond donors (Lipinski definition) is 1. The van der Waals surface area contributed by atoms with E-state index in [9.17, 15) is 9.59 Å². The van der Waals surface area contributed by atoms with Gasteiger partial charge < -0.3 is 10.6 Å². The maximum atomic E-state index is 12.6. The van der Waals surface area contributed by atoms with Gasteiger partial charge in [0.05, 0.1) is 11.8 Å². The maximum Gasteiger partial charge on any atom is 0.233 e. The van der Waals surface area contributed by atoms with Crippen LogP contribution in [-0.2, 0) is 9.59 Å². The van der Waals surface area contributed by atoms with Crippen LogP contribution in [0.2, 0.25) is 0 Å². The van der Waals surface area contributed by atoms with Crippen molar-refractivity contribution < 1.29 is 9.59 Å². The van der Waals surface area contributed by atoms with Crippen LogP contribution in [0.4, 0.5) is 0 Å². The van der Waals surface area contributed by atoms with Gasteiger partial charge in [-0.05, 0) is 31.6 Å². The second-order valence-corrected chi connectivity index (χ2v) is 6.87. The highest BCUT2D eigenvalue weighted by atomic mass is 16.2. The number of hydrogen-bond acceptors (Lipinski definition) is 4. The van der Waals surface area contributed by atoms with Crippen LogP contribution < -0.4 is 5.73 Å². The Balaban J connectivity index is 1.63. The van der Waals surface area contributed by atoms with E-state index >= 15 is 0 Å². The van der Waals surface area contributed by atoms with E-state index in [-0.39, 0.29) is 29.7 Å². The molecule has 0 bridgehead atoms. The van der Waals surface area contributed by atoms with Gasteiger partial charge in [0.25, 0.3) is 0 Å². The molecule has 5 nitrogen and oxygen atoms in total. The first-order chi connectivity index (χ1) is 10.2. The molecule has 2 saturated heterocycles. The summed E-state index contributed by atoms with van der Waals surface area (Å²) in [7, 11) is 0. The molecule has 0 aromatic rings. The highest BCUT2D eigenvalue weighted by Crippen LogP contribution is 2.45. The van der Waals surface area contributed by atoms with Gasteiger partial charge in [-0.25, -0.2) is 0 Å². The fraction of sp³-hybridized carbons (Fsp3) is 0.875. The second kappa shape index (κ2) is 6.05. The predicted molar refractivity (Wildman–Crippen MR) is 80.4 cm³/mol. The minimum atomic E-state index is -0.00970. The van der Waals surface area contributed by atoms with Crippen LogP contribution in [0.1, 0.15) is 39.0 Å². The first-order valence-electron chi connectivity index (χ1n) is 8.45. The van der Waals surface area contributed by atoms with Crippen molar-refractivity contribution in [2.24, 2.45) is 23.5 Å². The predicted octanol–water partition coefficient (Wildman–Crippen LogP) is 0.831. The van der Waals surface area contributed by atoms with Gasteiger partial charge in [-0.1, -0.05) is 13.3 Å². The summed E-state index contributed by atoms with van der Waals surface area (Å²) in [6.45, 7) is 5.65. The van der Waals surface area contributed by atoms with Gasteiger partial charge in [0, 0.05) is 32.2 Å². The number of fused-ring (bicyclic) bond motifs is 1. The molecule has 2 heterocycles. The Labute approximate surface area is 126 Å². The molecule has 3 aliphatic rings. The Hall–Kier alpha value is -0.940. The molecule has 2 N–H and O–H groups in total. The number of rotatable bonds is 4. The Morgan fingerprint density at radius 2 is 1.67 bits per heavy atom. The monoisotopic (exact) mass is 293 g/mol. The smallest absolute Gasteiger partial charge is 0.233 e. The van der Waals surface area contributed by atoms with E-state index in [0.29, 0.717) is 12.5 Å². The quantitative estimate of drug-likeness (QED) is 0.780. The molecular formula is C16H27N3O2. The Morgan fingerprint density at radius 3 is 2.14 bits per heavy atom. The number of carbonyl (C=O) groups is 2. The minimum Gasteiger partial charge on any atom is -0.329 e. The molecule has 5 heteroatoms. The Morgan fingerprint density at radius 1 is 1.10 bits per heavy atom. The largest absolute Gasteiger partial charge is 0.329 e. The number of amides is 2. The van der Waals surface area contributed by atoms with Gasteiger partial charge in [-0.2, -0.15) is 0 Å². The molecule has 1 saturated carbocycles. The van der Waals surface area contributed by atoms with Crippen molar-refractivity contribution in [3.8, 4) is 0 Å². The van der Waals surface area contributed by atoms with Crippen molar-refractivity contribution in [3.05, 3.63) is 0 Å². The van der Waals surface area contributed by atoms with E-state index < -0.39 is 0 Å². The molecule has 2 atom stereocenters. The lowest BCUT2D eigenvalue weighted by atomic mass is 10.00. The van der Waals surface area contributed by atoms with Crippen LogP contribution >= 0.6 is 0 Å². The number of nitrogens with two attached hydrogens (primary N) is 1. The molecule has 2 unspecified atom stereocenters. The van der Waals surface area contributed by atoms with E-state index in [0.717, 1.165) is 51.7 Å². The molecule has 2 amide bonds. The van der Waals surface area contributed by atoms with Crippen molar-refractivity contribution in [1.82, 2.24) is 9.80 Å². The molecule has 0 aromatic carbocycles. The summed E-state index contributed by atoms with van der Waals surface area (Å²) >= 11 is 0. The average molecular weight is 293 g/mol. The highest BCUT2D eigenvalue weighted by Gasteiger charge is 2.54. The Bertz CT molecular complexity index is 394. The fourth-order valence-electron chi connectivity index (χ4n) is 4.43. The topological polar surface area (TPSA) is 66.6 Å². The summed E-state index contributed by atoms with van der Waals surface area (Å²) in [5.74, 6) is 0.798. The number of nitrogens with zero attached hydrogens (tertiary/aromatic N) is 2. The molecule has 1 aliphatic carbocycles. The third-order valence-corrected chi connectivity index (χ3v) is 5.71. The van der Waals surface area contributed by atoms with E-state index in [1.54, 1.807) is 4.90 Å². The summed E-state index contributed by atoms with van der Waals surface area (Å²) in [6, 6.07) is 0.129. The van der Waals surface area contributed by atoms with Crippen molar-refractivity contribution in [1.29, 1.82) is 0 Å². The minimum absolute atomic E-state index is 0.00970. The molecular weight excluding hydrogens is 266 g/mol. The van der Waals surface area contributed by atoms with Gasteiger partial charge in [0.15, 0.2) is 0 Å². The SMILES string of the molecule is CCC1CC2C(=O)N(C3CCN(CCN)CC3)C(=O)C2C1. The van der Waals surface area contributed by atoms with Crippen molar-refractivity contribution in [3.63, 3.8) is 0 Å². The molecule has 2 aliphatic heterocycles. The molecule has 3 rings (SSSR count). The van der Waals surface area contributed by atoms with Crippen LogP contribution in [0.25, 0.3) is 0 Å². The molecule has 118 valence electrons.